The van der Waals surface area contributed by atoms with E-state index < -0.39 is 0 Å². The molecule has 1 atom stereocenters. The lowest BCUT2D eigenvalue weighted by molar-refractivity contribution is -0.115. The molecule has 0 saturated carbocycles. The lowest BCUT2D eigenvalue weighted by atomic mass is 10.4. The van der Waals surface area contributed by atoms with Gasteiger partial charge in [0.15, 0.2) is 0 Å². The molecule has 0 aromatic heterocycles. The van der Waals surface area contributed by atoms with Crippen LogP contribution in [0.4, 0.5) is 0 Å². The summed E-state index contributed by atoms with van der Waals surface area (Å²) < 4.78 is 0. The largest absolute Gasteiger partial charge is 0.369 e. The van der Waals surface area contributed by atoms with Gasteiger partial charge in [-0.2, -0.15) is 0 Å². The van der Waals surface area contributed by atoms with Crippen molar-refractivity contribution in [3.05, 3.63) is 0 Å². The molecule has 2 N–H and O–H groups in total. The van der Waals surface area contributed by atoms with E-state index in [-0.39, 0.29) is 5.91 Å². The molecule has 0 saturated heterocycles. The maximum Gasteiger partial charge on any atom is 0.227 e. The zero-order valence-electron chi connectivity index (χ0n) is 5.89. The third-order valence-corrected chi connectivity index (χ3v) is 2.44. The molecule has 0 spiro atoms. The number of nitrogens with two attached hydrogens (primary N) is 1. The summed E-state index contributed by atoms with van der Waals surface area (Å²) in [5.41, 5.74) is 4.94. The Bertz CT molecular complexity index is 95.1. The van der Waals surface area contributed by atoms with E-state index in [1.807, 2.05) is 0 Å². The van der Waals surface area contributed by atoms with Crippen molar-refractivity contribution in [2.75, 3.05) is 5.75 Å². The van der Waals surface area contributed by atoms with E-state index in [1.54, 1.807) is 11.8 Å². The van der Waals surface area contributed by atoms with Crippen molar-refractivity contribution < 1.29 is 4.79 Å². The van der Waals surface area contributed by atoms with Crippen LogP contribution < -0.4 is 5.73 Å². The van der Waals surface area contributed by atoms with Crippen LogP contribution in [-0.2, 0) is 4.79 Å². The summed E-state index contributed by atoms with van der Waals surface area (Å²) in [5, 5.41) is 0.553. The van der Waals surface area contributed by atoms with Crippen molar-refractivity contribution in [3.8, 4) is 0 Å². The van der Waals surface area contributed by atoms with Gasteiger partial charge in [-0.3, -0.25) is 4.79 Å². The number of carbonyl (C=O) groups is 1. The lowest BCUT2D eigenvalue weighted by Crippen LogP contribution is -2.14. The molecule has 1 amide bonds. The molecule has 0 radical (unpaired) electrons. The first kappa shape index (κ1) is 8.82. The van der Waals surface area contributed by atoms with E-state index in [0.29, 0.717) is 11.0 Å². The molecular formula is C6H13NOS. The van der Waals surface area contributed by atoms with E-state index in [0.717, 1.165) is 6.42 Å². The maximum atomic E-state index is 10.2. The third kappa shape index (κ3) is 5.69. The second kappa shape index (κ2) is 4.68. The minimum absolute atomic E-state index is 0.222. The van der Waals surface area contributed by atoms with Gasteiger partial charge in [-0.15, -0.1) is 11.8 Å². The minimum atomic E-state index is -0.222. The van der Waals surface area contributed by atoms with E-state index in [1.165, 1.54) is 0 Å². The van der Waals surface area contributed by atoms with Gasteiger partial charge in [-0.25, -0.2) is 0 Å². The van der Waals surface area contributed by atoms with Crippen LogP contribution in [0.3, 0.4) is 0 Å². The van der Waals surface area contributed by atoms with Gasteiger partial charge in [-0.1, -0.05) is 13.8 Å². The molecule has 0 aliphatic rings. The van der Waals surface area contributed by atoms with Crippen molar-refractivity contribution >= 4 is 17.7 Å². The average molecular weight is 147 g/mol. The summed E-state index contributed by atoms with van der Waals surface area (Å²) >= 11 is 1.61. The van der Waals surface area contributed by atoms with E-state index in [2.05, 4.69) is 13.8 Å². The first-order valence-corrected chi connectivity index (χ1v) is 4.11. The SMILES string of the molecule is CCC(C)SCC(N)=O. The van der Waals surface area contributed by atoms with Gasteiger partial charge in [0.1, 0.15) is 0 Å². The van der Waals surface area contributed by atoms with E-state index in [9.17, 15) is 4.79 Å². The number of carbonyl (C=O) groups excluding carboxylic acids is 1. The highest BCUT2D eigenvalue weighted by atomic mass is 32.2. The normalized spacial score (nSPS) is 13.1. The quantitative estimate of drug-likeness (QED) is 0.644. The Morgan fingerprint density at radius 1 is 1.78 bits per heavy atom. The Kier molecular flexibility index (Phi) is 4.58. The fourth-order valence-electron chi connectivity index (χ4n) is 0.342. The molecule has 0 aliphatic heterocycles. The monoisotopic (exact) mass is 147 g/mol. The summed E-state index contributed by atoms with van der Waals surface area (Å²) in [6.45, 7) is 4.19. The number of rotatable bonds is 4. The van der Waals surface area contributed by atoms with Crippen molar-refractivity contribution in [1.29, 1.82) is 0 Å². The van der Waals surface area contributed by atoms with Crippen LogP contribution in [0.25, 0.3) is 0 Å². The van der Waals surface area contributed by atoms with Gasteiger partial charge in [-0.05, 0) is 6.42 Å². The highest BCUT2D eigenvalue weighted by Gasteiger charge is 2.00. The topological polar surface area (TPSA) is 43.1 Å². The highest BCUT2D eigenvalue weighted by Crippen LogP contribution is 2.11. The first-order valence-electron chi connectivity index (χ1n) is 3.06. The summed E-state index contributed by atoms with van der Waals surface area (Å²) in [4.78, 5) is 10.2. The summed E-state index contributed by atoms with van der Waals surface area (Å²) in [5.74, 6) is 0.231. The third-order valence-electron chi connectivity index (χ3n) is 1.09. The first-order chi connectivity index (χ1) is 4.16. The maximum absolute atomic E-state index is 10.2. The van der Waals surface area contributed by atoms with Crippen LogP contribution in [0.1, 0.15) is 20.3 Å². The molecular weight excluding hydrogens is 134 g/mol. The van der Waals surface area contributed by atoms with Gasteiger partial charge >= 0.3 is 0 Å². The van der Waals surface area contributed by atoms with Crippen LogP contribution in [0.2, 0.25) is 0 Å². The number of thioether (sulfide) groups is 1. The predicted octanol–water partition coefficient (Wildman–Crippen LogP) is 1.00. The Labute approximate surface area is 60.2 Å². The number of amides is 1. The molecule has 0 heterocycles. The second-order valence-corrected chi connectivity index (χ2v) is 3.42. The minimum Gasteiger partial charge on any atom is -0.369 e. The molecule has 0 bridgehead atoms. The fourth-order valence-corrected chi connectivity index (χ4v) is 1.03. The Hall–Kier alpha value is -0.180. The molecule has 54 valence electrons. The summed E-state index contributed by atoms with van der Waals surface area (Å²) in [6, 6.07) is 0. The van der Waals surface area contributed by atoms with Crippen LogP contribution in [-0.4, -0.2) is 16.9 Å². The van der Waals surface area contributed by atoms with Crippen LogP contribution in [0.15, 0.2) is 0 Å². The van der Waals surface area contributed by atoms with Crippen molar-refractivity contribution in [2.45, 2.75) is 25.5 Å². The molecule has 0 fully saturated rings. The molecule has 2 nitrogen and oxygen atoms in total. The molecule has 0 aromatic carbocycles. The van der Waals surface area contributed by atoms with Gasteiger partial charge < -0.3 is 5.73 Å². The second-order valence-electron chi connectivity index (χ2n) is 2.00. The Morgan fingerprint density at radius 2 is 2.33 bits per heavy atom. The molecule has 1 unspecified atom stereocenters. The molecule has 0 aromatic rings. The number of hydrogen-bond donors (Lipinski definition) is 1. The molecule has 0 rings (SSSR count). The number of hydrogen-bond acceptors (Lipinski definition) is 2. The molecule has 0 aliphatic carbocycles. The molecule has 3 heteroatoms. The number of primary amides is 1. The van der Waals surface area contributed by atoms with Crippen LogP contribution in [0, 0.1) is 0 Å². The van der Waals surface area contributed by atoms with E-state index >= 15 is 0 Å². The smallest absolute Gasteiger partial charge is 0.227 e. The fraction of sp³-hybridized carbons (Fsp3) is 0.833. The summed E-state index contributed by atoms with van der Waals surface area (Å²) in [6.07, 6.45) is 1.10. The Balaban J connectivity index is 3.16. The van der Waals surface area contributed by atoms with E-state index in [4.69, 9.17) is 5.73 Å². The van der Waals surface area contributed by atoms with Crippen molar-refractivity contribution in [2.24, 2.45) is 5.73 Å². The standard InChI is InChI=1S/C6H13NOS/c1-3-5(2)9-4-6(7)8/h5H,3-4H2,1-2H3,(H2,7,8). The highest BCUT2D eigenvalue weighted by molar-refractivity contribution is 8.00. The van der Waals surface area contributed by atoms with Gasteiger partial charge in [0.05, 0.1) is 5.75 Å². The van der Waals surface area contributed by atoms with Crippen LogP contribution in [0.5, 0.6) is 0 Å². The molecule has 9 heavy (non-hydrogen) atoms. The lowest BCUT2D eigenvalue weighted by Gasteiger charge is -2.03. The van der Waals surface area contributed by atoms with Gasteiger partial charge in [0.25, 0.3) is 0 Å². The zero-order valence-corrected chi connectivity index (χ0v) is 6.70. The zero-order chi connectivity index (χ0) is 7.28. The summed E-state index contributed by atoms with van der Waals surface area (Å²) in [7, 11) is 0. The van der Waals surface area contributed by atoms with Crippen molar-refractivity contribution in [1.82, 2.24) is 0 Å². The average Bonchev–Trinajstić information content (AvgIpc) is 1.83. The van der Waals surface area contributed by atoms with Gasteiger partial charge in [0, 0.05) is 5.25 Å². The van der Waals surface area contributed by atoms with Crippen LogP contribution >= 0.6 is 11.8 Å². The van der Waals surface area contributed by atoms with Gasteiger partial charge in [0.2, 0.25) is 5.91 Å². The Morgan fingerprint density at radius 3 is 2.67 bits per heavy atom. The van der Waals surface area contributed by atoms with Crippen molar-refractivity contribution in [3.63, 3.8) is 0 Å². The predicted molar refractivity (Wildman–Crippen MR) is 41.4 cm³/mol.